The average molecular weight is 421 g/mol. The molecule has 0 amide bonds. The number of nitrogens with one attached hydrogen (secondary N) is 2. The lowest BCUT2D eigenvalue weighted by Gasteiger charge is -2.32. The molecular weight excluding hydrogens is 392 g/mol. The molecule has 0 spiro atoms. The van der Waals surface area contributed by atoms with E-state index < -0.39 is 32.1 Å². The van der Waals surface area contributed by atoms with Gasteiger partial charge in [-0.1, -0.05) is 12.8 Å². The molecule has 0 bridgehead atoms. The average Bonchev–Trinajstić information content (AvgIpc) is 2.57. The summed E-state index contributed by atoms with van der Waals surface area (Å²) in [6.07, 6.45) is 3.93. The maximum atomic E-state index is 12.9. The molecule has 1 fully saturated rings. The molecule has 2 atom stereocenters. The van der Waals surface area contributed by atoms with E-state index in [-0.39, 0.29) is 4.90 Å². The fourth-order valence-corrected chi connectivity index (χ4v) is 5.31. The summed E-state index contributed by atoms with van der Waals surface area (Å²) in [4.78, 5) is 0.0538. The first kappa shape index (κ1) is 21.9. The Kier molecular flexibility index (Phi) is 7.49. The molecule has 1 aliphatic rings. The molecule has 0 heterocycles. The van der Waals surface area contributed by atoms with Gasteiger partial charge in [0.25, 0.3) is 0 Å². The zero-order valence-electron chi connectivity index (χ0n) is 15.9. The minimum atomic E-state index is -3.84. The van der Waals surface area contributed by atoms with Gasteiger partial charge in [-0.15, -0.1) is 0 Å². The van der Waals surface area contributed by atoms with E-state index in [0.29, 0.717) is 37.6 Å². The highest BCUT2D eigenvalue weighted by atomic mass is 32.2. The molecule has 154 valence electrons. The van der Waals surface area contributed by atoms with Crippen LogP contribution in [0.15, 0.2) is 23.1 Å². The van der Waals surface area contributed by atoms with Gasteiger partial charge in [-0.2, -0.15) is 0 Å². The molecule has 10 heteroatoms. The predicted molar refractivity (Wildman–Crippen MR) is 103 cm³/mol. The van der Waals surface area contributed by atoms with Gasteiger partial charge in [-0.05, 0) is 38.8 Å². The molecule has 2 N–H and O–H groups in total. The lowest BCUT2D eigenvalue weighted by molar-refractivity contribution is 0.287. The van der Waals surface area contributed by atoms with Crippen molar-refractivity contribution in [2.24, 2.45) is 0 Å². The van der Waals surface area contributed by atoms with Crippen LogP contribution in [-0.2, 0) is 20.0 Å². The number of sulfonamides is 2. The largest absolute Gasteiger partial charge is 0.490 e. The zero-order chi connectivity index (χ0) is 20.1. The van der Waals surface area contributed by atoms with Gasteiger partial charge in [-0.25, -0.2) is 26.3 Å². The first-order valence-electron chi connectivity index (χ1n) is 9.05. The van der Waals surface area contributed by atoms with Gasteiger partial charge >= 0.3 is 0 Å². The Labute approximate surface area is 161 Å². The van der Waals surface area contributed by atoms with Gasteiger partial charge in [0, 0.05) is 18.2 Å². The quantitative estimate of drug-likeness (QED) is 0.628. The minimum Gasteiger partial charge on any atom is -0.490 e. The number of rotatable bonds is 9. The third kappa shape index (κ3) is 6.34. The van der Waals surface area contributed by atoms with Crippen LogP contribution in [-0.4, -0.2) is 48.4 Å². The highest BCUT2D eigenvalue weighted by Crippen LogP contribution is 2.31. The summed E-state index contributed by atoms with van der Waals surface area (Å²) in [5.74, 6) is 0.837. The minimum absolute atomic E-state index is 0.0538. The summed E-state index contributed by atoms with van der Waals surface area (Å²) in [5.41, 5.74) is 0. The fraction of sp³-hybridized carbons (Fsp3) is 0.647. The van der Waals surface area contributed by atoms with E-state index in [2.05, 4.69) is 9.44 Å². The summed E-state index contributed by atoms with van der Waals surface area (Å²) in [6, 6.07) is 3.49. The molecule has 2 rings (SSSR count). The lowest BCUT2D eigenvalue weighted by atomic mass is 9.92. The van der Waals surface area contributed by atoms with E-state index in [1.165, 1.54) is 12.1 Å². The summed E-state index contributed by atoms with van der Waals surface area (Å²) in [5, 5.41) is 0. The van der Waals surface area contributed by atoms with E-state index in [1.54, 1.807) is 13.0 Å². The molecule has 1 saturated carbocycles. The van der Waals surface area contributed by atoms with Crippen molar-refractivity contribution >= 4 is 20.0 Å². The molecule has 0 aliphatic heterocycles. The zero-order valence-corrected chi connectivity index (χ0v) is 17.5. The summed E-state index contributed by atoms with van der Waals surface area (Å²) >= 11 is 0. The monoisotopic (exact) mass is 420 g/mol. The van der Waals surface area contributed by atoms with Gasteiger partial charge in [0.15, 0.2) is 11.5 Å². The summed E-state index contributed by atoms with van der Waals surface area (Å²) in [7, 11) is -7.27. The molecule has 1 aromatic rings. The molecule has 0 radical (unpaired) electrons. The molecular formula is C17H28N2O6S2. The SMILES string of the molecule is CCOc1ccc(S(=O)(=O)N[C@@H]2CCCC[C@@H]2NS(C)(=O)=O)cc1OCC. The van der Waals surface area contributed by atoms with Gasteiger partial charge in [-0.3, -0.25) is 0 Å². The second kappa shape index (κ2) is 9.22. The van der Waals surface area contributed by atoms with Crippen LogP contribution in [0.2, 0.25) is 0 Å². The van der Waals surface area contributed by atoms with Gasteiger partial charge in [0.05, 0.1) is 24.4 Å². The van der Waals surface area contributed by atoms with Crippen LogP contribution in [0.5, 0.6) is 11.5 Å². The third-order valence-electron chi connectivity index (χ3n) is 4.26. The van der Waals surface area contributed by atoms with Crippen molar-refractivity contribution in [1.82, 2.24) is 9.44 Å². The fourth-order valence-electron chi connectivity index (χ4n) is 3.15. The second-order valence-electron chi connectivity index (χ2n) is 6.48. The molecule has 1 aliphatic carbocycles. The van der Waals surface area contributed by atoms with Crippen LogP contribution in [0, 0.1) is 0 Å². The molecule has 27 heavy (non-hydrogen) atoms. The third-order valence-corrected chi connectivity index (χ3v) is 6.48. The van der Waals surface area contributed by atoms with E-state index in [9.17, 15) is 16.8 Å². The Hall–Kier alpha value is -1.36. The van der Waals surface area contributed by atoms with Crippen molar-refractivity contribution < 1.29 is 26.3 Å². The smallest absolute Gasteiger partial charge is 0.241 e. The summed E-state index contributed by atoms with van der Waals surface area (Å²) in [6.45, 7) is 4.45. The Morgan fingerprint density at radius 2 is 1.48 bits per heavy atom. The molecule has 0 aromatic heterocycles. The molecule has 1 aromatic carbocycles. The van der Waals surface area contributed by atoms with Gasteiger partial charge in [0.2, 0.25) is 20.0 Å². The maximum Gasteiger partial charge on any atom is 0.241 e. The first-order valence-corrected chi connectivity index (χ1v) is 12.4. The maximum absolute atomic E-state index is 12.9. The van der Waals surface area contributed by atoms with Crippen molar-refractivity contribution in [3.63, 3.8) is 0 Å². The number of hydrogen-bond donors (Lipinski definition) is 2. The number of hydrogen-bond acceptors (Lipinski definition) is 6. The topological polar surface area (TPSA) is 111 Å². The van der Waals surface area contributed by atoms with E-state index in [4.69, 9.17) is 9.47 Å². The Morgan fingerprint density at radius 3 is 2.04 bits per heavy atom. The second-order valence-corrected chi connectivity index (χ2v) is 9.98. The van der Waals surface area contributed by atoms with Crippen molar-refractivity contribution in [3.8, 4) is 11.5 Å². The Bertz CT molecular complexity index is 839. The molecule has 0 saturated heterocycles. The summed E-state index contributed by atoms with van der Waals surface area (Å²) < 4.78 is 65.0. The van der Waals surface area contributed by atoms with Crippen LogP contribution >= 0.6 is 0 Å². The highest BCUT2D eigenvalue weighted by Gasteiger charge is 2.31. The number of benzene rings is 1. The Balaban J connectivity index is 2.25. The van der Waals surface area contributed by atoms with Crippen LogP contribution in [0.1, 0.15) is 39.5 Å². The van der Waals surface area contributed by atoms with Gasteiger partial charge < -0.3 is 9.47 Å². The van der Waals surface area contributed by atoms with Crippen molar-refractivity contribution in [2.75, 3.05) is 19.5 Å². The van der Waals surface area contributed by atoms with Crippen molar-refractivity contribution in [1.29, 1.82) is 0 Å². The van der Waals surface area contributed by atoms with E-state index in [1.807, 2.05) is 6.92 Å². The van der Waals surface area contributed by atoms with Crippen LogP contribution < -0.4 is 18.9 Å². The molecule has 0 unspecified atom stereocenters. The normalized spacial score (nSPS) is 21.0. The number of ether oxygens (including phenoxy) is 2. The van der Waals surface area contributed by atoms with Crippen molar-refractivity contribution in [2.45, 2.75) is 56.5 Å². The van der Waals surface area contributed by atoms with E-state index >= 15 is 0 Å². The van der Waals surface area contributed by atoms with Crippen LogP contribution in [0.3, 0.4) is 0 Å². The predicted octanol–water partition coefficient (Wildman–Crippen LogP) is 1.62. The lowest BCUT2D eigenvalue weighted by Crippen LogP contribution is -2.52. The van der Waals surface area contributed by atoms with Crippen LogP contribution in [0.25, 0.3) is 0 Å². The molecule has 8 nitrogen and oxygen atoms in total. The highest BCUT2D eigenvalue weighted by molar-refractivity contribution is 7.89. The van der Waals surface area contributed by atoms with Crippen molar-refractivity contribution in [3.05, 3.63) is 18.2 Å². The first-order chi connectivity index (χ1) is 12.7. The van der Waals surface area contributed by atoms with Gasteiger partial charge in [0.1, 0.15) is 0 Å². The van der Waals surface area contributed by atoms with Crippen LogP contribution in [0.4, 0.5) is 0 Å². The standard InChI is InChI=1S/C17H28N2O6S2/c1-4-24-16-11-10-13(12-17(16)25-5-2)27(22,23)19-15-9-7-6-8-14(15)18-26(3,20)21/h10-12,14-15,18-19H,4-9H2,1-3H3/t14-,15+/m0/s1. The Morgan fingerprint density at radius 1 is 0.926 bits per heavy atom. The van der Waals surface area contributed by atoms with E-state index in [0.717, 1.165) is 19.1 Å².